The summed E-state index contributed by atoms with van der Waals surface area (Å²) in [6, 6.07) is 18.0. The van der Waals surface area contributed by atoms with Crippen molar-refractivity contribution in [3.8, 4) is 35.2 Å². The van der Waals surface area contributed by atoms with Crippen molar-refractivity contribution in [2.45, 2.75) is 66.6 Å². The van der Waals surface area contributed by atoms with Gasteiger partial charge < -0.3 is 28.3 Å². The highest BCUT2D eigenvalue weighted by molar-refractivity contribution is 9.10. The third-order valence-corrected chi connectivity index (χ3v) is 9.17. The number of halogens is 1. The minimum atomic E-state index is -0.746. The zero-order valence-corrected chi connectivity index (χ0v) is 34.8. The van der Waals surface area contributed by atoms with Gasteiger partial charge in [-0.3, -0.25) is 14.6 Å². The van der Waals surface area contributed by atoms with Crippen LogP contribution in [0.1, 0.15) is 66.5 Å². The quantitative estimate of drug-likeness (QED) is 0.0988. The molecule has 0 atom stereocenters. The molecule has 0 radical (unpaired) electrons. The third-order valence-electron chi connectivity index (χ3n) is 8.70. The van der Waals surface area contributed by atoms with Crippen molar-refractivity contribution in [3.05, 3.63) is 89.0 Å². The second-order valence-corrected chi connectivity index (χ2v) is 15.6. The molecule has 0 bridgehead atoms. The van der Waals surface area contributed by atoms with Crippen LogP contribution in [0.2, 0.25) is 0 Å². The number of nitrogens with zero attached hydrogens (tertiary/aromatic N) is 6. The average molecular weight is 830 g/mol. The number of methoxy groups -OCH3 is 2. The summed E-state index contributed by atoms with van der Waals surface area (Å²) in [5.41, 5.74) is 1.18. The number of nitriles is 2. The van der Waals surface area contributed by atoms with Crippen LogP contribution in [0.5, 0.6) is 11.8 Å². The van der Waals surface area contributed by atoms with Gasteiger partial charge >= 0.3 is 19.1 Å². The van der Waals surface area contributed by atoms with Gasteiger partial charge in [0.25, 0.3) is 0 Å². The zero-order valence-electron chi connectivity index (χ0n) is 33.2. The lowest BCUT2D eigenvalue weighted by atomic mass is 9.80. The van der Waals surface area contributed by atoms with Crippen LogP contribution in [0, 0.1) is 33.5 Å². The van der Waals surface area contributed by atoms with Crippen LogP contribution in [0.15, 0.2) is 77.9 Å². The first kappa shape index (κ1) is 45.0. The number of rotatable bonds is 10. The summed E-state index contributed by atoms with van der Waals surface area (Å²) in [6.07, 6.45) is 6.33. The largest absolute Gasteiger partial charge is 0.496 e. The molecule has 0 amide bonds. The smallest absolute Gasteiger partial charge is 0.476 e. The molecule has 1 aliphatic heterocycles. The zero-order chi connectivity index (χ0) is 41.7. The first-order valence-corrected chi connectivity index (χ1v) is 18.1. The van der Waals surface area contributed by atoms with Gasteiger partial charge in [-0.25, -0.2) is 15.0 Å². The molecule has 0 aliphatic carbocycles. The van der Waals surface area contributed by atoms with Crippen molar-refractivity contribution in [2.24, 2.45) is 10.8 Å². The van der Waals surface area contributed by atoms with Gasteiger partial charge in [0.2, 0.25) is 11.8 Å². The predicted octanol–water partition coefficient (Wildman–Crippen LogP) is 6.27. The van der Waals surface area contributed by atoms with E-state index in [-0.39, 0.29) is 25.2 Å². The molecule has 0 spiro atoms. The van der Waals surface area contributed by atoms with E-state index in [4.69, 9.17) is 38.8 Å². The van der Waals surface area contributed by atoms with Gasteiger partial charge in [0.15, 0.2) is 0 Å². The first-order valence-electron chi connectivity index (χ1n) is 17.4. The molecule has 56 heavy (non-hydrogen) atoms. The van der Waals surface area contributed by atoms with Crippen LogP contribution in [-0.2, 0) is 28.4 Å². The molecular formula is C40H46BBrN6O8. The van der Waals surface area contributed by atoms with Crippen molar-refractivity contribution < 1.29 is 37.8 Å². The Morgan fingerprint density at radius 2 is 1.18 bits per heavy atom. The number of carbonyl (C=O) groups excluding carboxylic acids is 2. The van der Waals surface area contributed by atoms with Crippen LogP contribution in [-0.4, -0.2) is 77.6 Å². The van der Waals surface area contributed by atoms with E-state index in [0.717, 1.165) is 21.3 Å². The number of hydrogen-bond donors (Lipinski definition) is 0. The predicted molar refractivity (Wildman–Crippen MR) is 211 cm³/mol. The molecule has 5 heterocycles. The normalized spacial score (nSPS) is 14.0. The number of esters is 2. The van der Waals surface area contributed by atoms with E-state index in [0.29, 0.717) is 22.9 Å². The van der Waals surface area contributed by atoms with Crippen LogP contribution >= 0.6 is 15.9 Å². The van der Waals surface area contributed by atoms with Gasteiger partial charge in [-0.15, -0.1) is 0 Å². The van der Waals surface area contributed by atoms with Gasteiger partial charge in [-0.1, -0.05) is 6.07 Å². The summed E-state index contributed by atoms with van der Waals surface area (Å²) in [6.45, 7) is 15.4. The highest BCUT2D eigenvalue weighted by atomic mass is 79.9. The molecule has 5 rings (SSSR count). The molecule has 14 nitrogen and oxygen atoms in total. The minimum Gasteiger partial charge on any atom is -0.476 e. The summed E-state index contributed by atoms with van der Waals surface area (Å²) in [4.78, 5) is 39.8. The SMILES string of the molecule is COC(=O)C(C)(C)COc1ccc(-c2ccc(C#N)cn2)cn1.COC(=O)C(C)(C)COc1ccc(B2OC(C)(C)C(C)(C)O2)cn1.N#Cc1ccc(Br)nc1. The molecule has 1 saturated heterocycles. The summed E-state index contributed by atoms with van der Waals surface area (Å²) in [5.74, 6) is 0.193. The van der Waals surface area contributed by atoms with Gasteiger partial charge in [0.1, 0.15) is 30.0 Å². The Bertz CT molecular complexity index is 1980. The summed E-state index contributed by atoms with van der Waals surface area (Å²) in [5, 5.41) is 17.1. The number of hydrogen-bond acceptors (Lipinski definition) is 14. The molecule has 1 fully saturated rings. The van der Waals surface area contributed by atoms with Gasteiger partial charge in [-0.05, 0) is 108 Å². The van der Waals surface area contributed by atoms with Crippen LogP contribution < -0.4 is 14.9 Å². The maximum Gasteiger partial charge on any atom is 0.496 e. The Labute approximate surface area is 336 Å². The first-order chi connectivity index (χ1) is 26.3. The molecule has 16 heteroatoms. The summed E-state index contributed by atoms with van der Waals surface area (Å²) in [7, 11) is 2.26. The average Bonchev–Trinajstić information content (AvgIpc) is 3.42. The van der Waals surface area contributed by atoms with Gasteiger partial charge in [-0.2, -0.15) is 10.5 Å². The Hall–Kier alpha value is -5.42. The van der Waals surface area contributed by atoms with Crippen molar-refractivity contribution in [3.63, 3.8) is 0 Å². The van der Waals surface area contributed by atoms with Gasteiger partial charge in [0.05, 0.1) is 53.1 Å². The monoisotopic (exact) mass is 828 g/mol. The fourth-order valence-electron chi connectivity index (χ4n) is 4.46. The lowest BCUT2D eigenvalue weighted by molar-refractivity contribution is -0.153. The molecule has 0 aromatic carbocycles. The van der Waals surface area contributed by atoms with E-state index in [1.54, 1.807) is 76.5 Å². The maximum atomic E-state index is 11.6. The number of carbonyl (C=O) groups is 2. The van der Waals surface area contributed by atoms with Crippen LogP contribution in [0.3, 0.4) is 0 Å². The Morgan fingerprint density at radius 3 is 1.55 bits per heavy atom. The van der Waals surface area contributed by atoms with Crippen molar-refractivity contribution >= 4 is 40.4 Å². The molecule has 294 valence electrons. The Balaban J connectivity index is 0.000000247. The van der Waals surface area contributed by atoms with Crippen LogP contribution in [0.4, 0.5) is 0 Å². The number of ether oxygens (including phenoxy) is 4. The van der Waals surface area contributed by atoms with E-state index < -0.39 is 29.2 Å². The summed E-state index contributed by atoms with van der Waals surface area (Å²) >= 11 is 3.15. The van der Waals surface area contributed by atoms with E-state index in [1.165, 1.54) is 26.6 Å². The Kier molecular flexibility index (Phi) is 15.6. The standard InChI is InChI=1S/C17H26BNO5.C17H17N3O3.C6H3BrN2/c1-15(2,14(20)21-7)11-22-13-9-8-12(10-19-13)18-23-16(3,4)17(5,6)24-18;1-17(2,16(21)22-3)11-23-15-7-5-13(10-20-15)14-6-4-12(8-18)9-19-14;7-6-2-1-5(3-8)4-9-6/h8-10H,11H2,1-7H3;4-7,9-10H,11H2,1-3H3;1-2,4H. The summed E-state index contributed by atoms with van der Waals surface area (Å²) < 4.78 is 33.4. The maximum absolute atomic E-state index is 11.6. The second-order valence-electron chi connectivity index (χ2n) is 14.8. The van der Waals surface area contributed by atoms with Crippen LogP contribution in [0.25, 0.3) is 11.3 Å². The van der Waals surface area contributed by atoms with E-state index in [9.17, 15) is 9.59 Å². The molecule has 1 aliphatic rings. The van der Waals surface area contributed by atoms with E-state index in [2.05, 4.69) is 35.9 Å². The number of aromatic nitrogens is 4. The lowest BCUT2D eigenvalue weighted by Gasteiger charge is -2.32. The van der Waals surface area contributed by atoms with Crippen molar-refractivity contribution in [1.29, 1.82) is 10.5 Å². The van der Waals surface area contributed by atoms with E-state index >= 15 is 0 Å². The molecule has 0 saturated carbocycles. The van der Waals surface area contributed by atoms with Gasteiger partial charge in [0, 0.05) is 41.9 Å². The Morgan fingerprint density at radius 1 is 0.696 bits per heavy atom. The second kappa shape index (κ2) is 19.4. The topological polar surface area (TPSA) is 189 Å². The molecule has 4 aromatic heterocycles. The van der Waals surface area contributed by atoms with Crippen molar-refractivity contribution in [2.75, 3.05) is 27.4 Å². The highest BCUT2D eigenvalue weighted by Gasteiger charge is 2.51. The minimum absolute atomic E-state index is 0.168. The lowest BCUT2D eigenvalue weighted by Crippen LogP contribution is -2.41. The van der Waals surface area contributed by atoms with E-state index in [1.807, 2.05) is 52.0 Å². The molecule has 0 unspecified atom stereocenters. The highest BCUT2D eigenvalue weighted by Crippen LogP contribution is 2.36. The fourth-order valence-corrected chi connectivity index (χ4v) is 4.70. The molecular weight excluding hydrogens is 783 g/mol. The molecule has 4 aromatic rings. The molecule has 0 N–H and O–H groups in total. The van der Waals surface area contributed by atoms with Crippen molar-refractivity contribution in [1.82, 2.24) is 19.9 Å². The fraction of sp³-hybridized carbons (Fsp3) is 0.400. The third kappa shape index (κ3) is 12.6. The number of pyridine rings is 4.